The number of aromatic hydroxyl groups is 1. The molecule has 24 heavy (non-hydrogen) atoms. The molecular formula is C19H22N2O3. The van der Waals surface area contributed by atoms with Gasteiger partial charge in [0.05, 0.1) is 6.10 Å². The third-order valence-corrected chi connectivity index (χ3v) is 4.35. The molecular weight excluding hydrogens is 304 g/mol. The van der Waals surface area contributed by atoms with E-state index in [9.17, 15) is 15.0 Å². The number of benzene rings is 2. The fourth-order valence-corrected chi connectivity index (χ4v) is 2.85. The molecule has 2 aromatic carbocycles. The predicted molar refractivity (Wildman–Crippen MR) is 93.2 cm³/mol. The van der Waals surface area contributed by atoms with E-state index in [4.69, 9.17) is 0 Å². The second-order valence-electron chi connectivity index (χ2n) is 6.11. The number of anilines is 1. The lowest BCUT2D eigenvalue weighted by Crippen LogP contribution is -2.35. The molecule has 5 nitrogen and oxygen atoms in total. The summed E-state index contributed by atoms with van der Waals surface area (Å²) in [5.74, 6) is 0.0922. The van der Waals surface area contributed by atoms with Crippen molar-refractivity contribution in [2.45, 2.75) is 25.5 Å². The number of carbonyl (C=O) groups is 1. The summed E-state index contributed by atoms with van der Waals surface area (Å²) in [6.07, 6.45) is 1.38. The summed E-state index contributed by atoms with van der Waals surface area (Å²) < 4.78 is 0. The normalized spacial score (nSPS) is 15.3. The predicted octanol–water partition coefficient (Wildman–Crippen LogP) is 2.28. The molecule has 0 aliphatic carbocycles. The van der Waals surface area contributed by atoms with E-state index in [-0.39, 0.29) is 17.8 Å². The molecule has 1 heterocycles. The van der Waals surface area contributed by atoms with Crippen molar-refractivity contribution in [2.75, 3.05) is 18.0 Å². The highest BCUT2D eigenvalue weighted by Gasteiger charge is 2.17. The van der Waals surface area contributed by atoms with Gasteiger partial charge in [0.15, 0.2) is 0 Å². The monoisotopic (exact) mass is 326 g/mol. The van der Waals surface area contributed by atoms with E-state index in [1.54, 1.807) is 24.3 Å². The number of carbonyl (C=O) groups excluding carboxylic acids is 1. The van der Waals surface area contributed by atoms with Gasteiger partial charge in [-0.1, -0.05) is 12.1 Å². The molecule has 126 valence electrons. The van der Waals surface area contributed by atoms with E-state index in [1.807, 2.05) is 24.3 Å². The lowest BCUT2D eigenvalue weighted by Gasteiger charge is -2.31. The zero-order chi connectivity index (χ0) is 16.9. The van der Waals surface area contributed by atoms with Crippen LogP contribution in [0.2, 0.25) is 0 Å². The maximum Gasteiger partial charge on any atom is 0.251 e. The first kappa shape index (κ1) is 16.3. The maximum absolute atomic E-state index is 12.2. The third kappa shape index (κ3) is 4.06. The van der Waals surface area contributed by atoms with Gasteiger partial charge in [0.2, 0.25) is 0 Å². The summed E-state index contributed by atoms with van der Waals surface area (Å²) >= 11 is 0. The van der Waals surface area contributed by atoms with Gasteiger partial charge >= 0.3 is 0 Å². The Bertz CT molecular complexity index is 675. The lowest BCUT2D eigenvalue weighted by atomic mass is 10.1. The van der Waals surface area contributed by atoms with Gasteiger partial charge in [-0.3, -0.25) is 4.79 Å². The average molecular weight is 326 g/mol. The minimum Gasteiger partial charge on any atom is -0.508 e. The molecule has 3 rings (SSSR count). The first-order valence-corrected chi connectivity index (χ1v) is 8.21. The minimum atomic E-state index is -0.189. The fraction of sp³-hybridized carbons (Fsp3) is 0.316. The Morgan fingerprint density at radius 3 is 2.29 bits per heavy atom. The van der Waals surface area contributed by atoms with Crippen LogP contribution in [0.3, 0.4) is 0 Å². The van der Waals surface area contributed by atoms with E-state index in [0.29, 0.717) is 12.1 Å². The van der Waals surface area contributed by atoms with Crippen molar-refractivity contribution in [1.29, 1.82) is 0 Å². The Morgan fingerprint density at radius 1 is 1.04 bits per heavy atom. The van der Waals surface area contributed by atoms with Crippen LogP contribution in [0.1, 0.15) is 28.8 Å². The highest BCUT2D eigenvalue weighted by atomic mass is 16.3. The SMILES string of the molecule is O=C(NCc1ccc(O)cc1)c1ccc(N2CCC(O)CC2)cc1. The van der Waals surface area contributed by atoms with Gasteiger partial charge in [-0.15, -0.1) is 0 Å². The molecule has 1 aliphatic rings. The van der Waals surface area contributed by atoms with E-state index in [0.717, 1.165) is 37.2 Å². The molecule has 0 radical (unpaired) electrons. The number of aliphatic hydroxyl groups excluding tert-OH is 1. The van der Waals surface area contributed by atoms with Gasteiger partial charge in [0.25, 0.3) is 5.91 Å². The summed E-state index contributed by atoms with van der Waals surface area (Å²) in [6.45, 7) is 2.10. The molecule has 1 saturated heterocycles. The zero-order valence-corrected chi connectivity index (χ0v) is 13.5. The smallest absolute Gasteiger partial charge is 0.251 e. The second kappa shape index (κ2) is 7.36. The molecule has 0 aromatic heterocycles. The number of phenolic OH excluding ortho intramolecular Hbond substituents is 1. The summed E-state index contributed by atoms with van der Waals surface area (Å²) in [6, 6.07) is 14.3. The minimum absolute atomic E-state index is 0.122. The van der Waals surface area contributed by atoms with Crippen molar-refractivity contribution in [3.05, 3.63) is 59.7 Å². The fourth-order valence-electron chi connectivity index (χ4n) is 2.85. The van der Waals surface area contributed by atoms with Gasteiger partial charge in [-0.25, -0.2) is 0 Å². The van der Waals surface area contributed by atoms with Crippen molar-refractivity contribution < 1.29 is 15.0 Å². The number of rotatable bonds is 4. The largest absolute Gasteiger partial charge is 0.508 e. The van der Waals surface area contributed by atoms with Gasteiger partial charge in [-0.05, 0) is 54.8 Å². The quantitative estimate of drug-likeness (QED) is 0.806. The number of hydrogen-bond acceptors (Lipinski definition) is 4. The molecule has 5 heteroatoms. The first-order chi connectivity index (χ1) is 11.6. The maximum atomic E-state index is 12.2. The Hall–Kier alpha value is -2.53. The summed E-state index contributed by atoms with van der Waals surface area (Å²) in [5.41, 5.74) is 2.64. The number of hydrogen-bond donors (Lipinski definition) is 3. The van der Waals surface area contributed by atoms with Crippen molar-refractivity contribution in [2.24, 2.45) is 0 Å². The molecule has 1 amide bonds. The average Bonchev–Trinajstić information content (AvgIpc) is 2.62. The number of nitrogens with zero attached hydrogens (tertiary/aromatic N) is 1. The van der Waals surface area contributed by atoms with Crippen LogP contribution in [0, 0.1) is 0 Å². The molecule has 3 N–H and O–H groups in total. The summed E-state index contributed by atoms with van der Waals surface area (Å²) in [4.78, 5) is 14.4. The lowest BCUT2D eigenvalue weighted by molar-refractivity contribution is 0.0951. The number of aliphatic hydroxyl groups is 1. The molecule has 1 fully saturated rings. The van der Waals surface area contributed by atoms with E-state index < -0.39 is 0 Å². The van der Waals surface area contributed by atoms with Gasteiger partial charge < -0.3 is 20.4 Å². The van der Waals surface area contributed by atoms with E-state index in [2.05, 4.69) is 10.2 Å². The number of nitrogens with one attached hydrogen (secondary N) is 1. The molecule has 0 unspecified atom stereocenters. The van der Waals surface area contributed by atoms with Crippen LogP contribution in [0.4, 0.5) is 5.69 Å². The second-order valence-corrected chi connectivity index (χ2v) is 6.11. The van der Waals surface area contributed by atoms with Crippen LogP contribution in [0.25, 0.3) is 0 Å². The molecule has 0 atom stereocenters. The van der Waals surface area contributed by atoms with Gasteiger partial charge in [0, 0.05) is 30.9 Å². The molecule has 0 spiro atoms. The van der Waals surface area contributed by atoms with Crippen LogP contribution in [0.5, 0.6) is 5.75 Å². The van der Waals surface area contributed by atoms with Crippen LogP contribution in [0.15, 0.2) is 48.5 Å². The Morgan fingerprint density at radius 2 is 1.67 bits per heavy atom. The van der Waals surface area contributed by atoms with Crippen LogP contribution in [-0.4, -0.2) is 35.3 Å². The molecule has 0 saturated carbocycles. The summed E-state index contributed by atoms with van der Waals surface area (Å²) in [7, 11) is 0. The molecule has 1 aliphatic heterocycles. The number of piperidine rings is 1. The topological polar surface area (TPSA) is 72.8 Å². The van der Waals surface area contributed by atoms with Crippen molar-refractivity contribution in [1.82, 2.24) is 5.32 Å². The highest BCUT2D eigenvalue weighted by molar-refractivity contribution is 5.94. The highest BCUT2D eigenvalue weighted by Crippen LogP contribution is 2.20. The van der Waals surface area contributed by atoms with Crippen molar-refractivity contribution in [3.8, 4) is 5.75 Å². The molecule has 0 bridgehead atoms. The van der Waals surface area contributed by atoms with Crippen LogP contribution >= 0.6 is 0 Å². The molecule has 2 aromatic rings. The van der Waals surface area contributed by atoms with Crippen molar-refractivity contribution >= 4 is 11.6 Å². The summed E-state index contributed by atoms with van der Waals surface area (Å²) in [5, 5.41) is 21.7. The van der Waals surface area contributed by atoms with Crippen molar-refractivity contribution in [3.63, 3.8) is 0 Å². The van der Waals surface area contributed by atoms with Crippen LogP contribution in [-0.2, 0) is 6.54 Å². The van der Waals surface area contributed by atoms with E-state index in [1.165, 1.54) is 0 Å². The van der Waals surface area contributed by atoms with Crippen LogP contribution < -0.4 is 10.2 Å². The Labute approximate surface area is 141 Å². The van der Waals surface area contributed by atoms with Gasteiger partial charge in [-0.2, -0.15) is 0 Å². The third-order valence-electron chi connectivity index (χ3n) is 4.35. The standard InChI is InChI=1S/C19H22N2O3/c22-17-7-1-14(2-8-17)13-20-19(24)15-3-5-16(6-4-15)21-11-9-18(23)10-12-21/h1-8,18,22-23H,9-13H2,(H,20,24). The van der Waals surface area contributed by atoms with E-state index >= 15 is 0 Å². The first-order valence-electron chi connectivity index (χ1n) is 8.21. The number of amides is 1. The Balaban J connectivity index is 1.56. The van der Waals surface area contributed by atoms with Gasteiger partial charge in [0.1, 0.15) is 5.75 Å². The number of phenols is 1. The Kier molecular flexibility index (Phi) is 5.01. The zero-order valence-electron chi connectivity index (χ0n) is 13.5.